The average molecular weight is 428 g/mol. The van der Waals surface area contributed by atoms with Crippen molar-refractivity contribution < 1.29 is 9.59 Å². The van der Waals surface area contributed by atoms with E-state index in [0.29, 0.717) is 43.4 Å². The molecule has 2 aromatic heterocycles. The third-order valence-electron chi connectivity index (χ3n) is 6.13. The number of anilines is 1. The largest absolute Gasteiger partial charge is 0.337 e. The molecular formula is C24H24N6O2. The summed E-state index contributed by atoms with van der Waals surface area (Å²) in [5, 5.41) is 0. The Labute approximate surface area is 186 Å². The number of aryl methyl sites for hydroxylation is 1. The van der Waals surface area contributed by atoms with E-state index in [0.717, 1.165) is 29.7 Å². The van der Waals surface area contributed by atoms with Gasteiger partial charge >= 0.3 is 0 Å². The van der Waals surface area contributed by atoms with E-state index in [-0.39, 0.29) is 17.7 Å². The van der Waals surface area contributed by atoms with Gasteiger partial charge in [0.1, 0.15) is 17.3 Å². The summed E-state index contributed by atoms with van der Waals surface area (Å²) < 4.78 is 0. The first-order chi connectivity index (χ1) is 15.6. The number of nitrogens with zero attached hydrogens (tertiary/aromatic N) is 6. The van der Waals surface area contributed by atoms with E-state index >= 15 is 0 Å². The van der Waals surface area contributed by atoms with E-state index in [1.165, 1.54) is 12.4 Å². The number of piperidine rings is 1. The molecule has 3 aromatic rings. The number of hydrogen-bond acceptors (Lipinski definition) is 6. The van der Waals surface area contributed by atoms with Crippen molar-refractivity contribution >= 4 is 17.6 Å². The van der Waals surface area contributed by atoms with E-state index in [4.69, 9.17) is 9.97 Å². The van der Waals surface area contributed by atoms with Gasteiger partial charge in [0.05, 0.1) is 19.2 Å². The quantitative estimate of drug-likeness (QED) is 0.634. The monoisotopic (exact) mass is 428 g/mol. The van der Waals surface area contributed by atoms with Crippen molar-refractivity contribution in [2.75, 3.05) is 18.0 Å². The smallest absolute Gasteiger partial charge is 0.274 e. The highest BCUT2D eigenvalue weighted by atomic mass is 16.2. The molecule has 8 nitrogen and oxygen atoms in total. The summed E-state index contributed by atoms with van der Waals surface area (Å²) in [4.78, 5) is 46.9. The maximum absolute atomic E-state index is 12.9. The van der Waals surface area contributed by atoms with Crippen LogP contribution in [0, 0.1) is 6.92 Å². The number of benzene rings is 1. The van der Waals surface area contributed by atoms with Gasteiger partial charge in [0, 0.05) is 42.7 Å². The van der Waals surface area contributed by atoms with Crippen LogP contribution in [0.15, 0.2) is 48.9 Å². The molecule has 2 amide bonds. The van der Waals surface area contributed by atoms with Crippen molar-refractivity contribution in [2.45, 2.75) is 38.6 Å². The highest BCUT2D eigenvalue weighted by Crippen LogP contribution is 2.33. The van der Waals surface area contributed by atoms with Gasteiger partial charge in [-0.3, -0.25) is 19.5 Å². The molecule has 0 aliphatic carbocycles. The first-order valence-corrected chi connectivity index (χ1v) is 10.9. The topological polar surface area (TPSA) is 92.2 Å². The van der Waals surface area contributed by atoms with Crippen LogP contribution in [-0.2, 0) is 17.8 Å². The van der Waals surface area contributed by atoms with Crippen molar-refractivity contribution in [1.82, 2.24) is 24.8 Å². The summed E-state index contributed by atoms with van der Waals surface area (Å²) in [6.07, 6.45) is 6.67. The Morgan fingerprint density at radius 1 is 1.16 bits per heavy atom. The lowest BCUT2D eigenvalue weighted by atomic mass is 9.96. The van der Waals surface area contributed by atoms with E-state index < -0.39 is 0 Å². The first kappa shape index (κ1) is 20.2. The molecule has 0 unspecified atom stereocenters. The Kier molecular flexibility index (Phi) is 5.34. The maximum Gasteiger partial charge on any atom is 0.274 e. The van der Waals surface area contributed by atoms with Crippen LogP contribution in [0.25, 0.3) is 0 Å². The molecule has 5 rings (SSSR count). The highest BCUT2D eigenvalue weighted by molar-refractivity contribution is 6.00. The van der Waals surface area contributed by atoms with Gasteiger partial charge in [-0.2, -0.15) is 0 Å². The predicted molar refractivity (Wildman–Crippen MR) is 118 cm³/mol. The summed E-state index contributed by atoms with van der Waals surface area (Å²) in [7, 11) is 0. The predicted octanol–water partition coefficient (Wildman–Crippen LogP) is 2.68. The van der Waals surface area contributed by atoms with Gasteiger partial charge in [0.25, 0.3) is 5.91 Å². The molecule has 2 aliphatic heterocycles. The second kappa shape index (κ2) is 8.45. The Morgan fingerprint density at radius 3 is 2.78 bits per heavy atom. The summed E-state index contributed by atoms with van der Waals surface area (Å²) in [5.41, 5.74) is 3.15. The number of hydrogen-bond donors (Lipinski definition) is 0. The number of aromatic nitrogens is 4. The van der Waals surface area contributed by atoms with Crippen molar-refractivity contribution in [3.8, 4) is 0 Å². The highest BCUT2D eigenvalue weighted by Gasteiger charge is 2.34. The van der Waals surface area contributed by atoms with Gasteiger partial charge in [-0.1, -0.05) is 30.3 Å². The van der Waals surface area contributed by atoms with Crippen LogP contribution in [0.5, 0.6) is 0 Å². The first-order valence-electron chi connectivity index (χ1n) is 10.9. The molecule has 1 aromatic carbocycles. The molecule has 1 saturated heterocycles. The zero-order valence-corrected chi connectivity index (χ0v) is 17.9. The normalized spacial score (nSPS) is 18.0. The van der Waals surface area contributed by atoms with Crippen LogP contribution < -0.4 is 4.90 Å². The van der Waals surface area contributed by atoms with E-state index in [9.17, 15) is 9.59 Å². The summed E-state index contributed by atoms with van der Waals surface area (Å²) in [6.45, 7) is 3.63. The zero-order valence-electron chi connectivity index (χ0n) is 17.9. The number of carbonyl (C=O) groups excluding carboxylic acids is 2. The third-order valence-corrected chi connectivity index (χ3v) is 6.13. The van der Waals surface area contributed by atoms with Crippen LogP contribution in [0.2, 0.25) is 0 Å². The number of fused-ring (bicyclic) bond motifs is 1. The Balaban J connectivity index is 1.41. The van der Waals surface area contributed by atoms with Crippen LogP contribution in [0.3, 0.4) is 0 Å². The fourth-order valence-corrected chi connectivity index (χ4v) is 4.45. The SMILES string of the molecule is Cc1nc([C@@H]2CCCN(C(=O)c3cnccn3)C2)nc2c1CC(=O)N2Cc1ccccc1. The molecule has 1 atom stereocenters. The minimum Gasteiger partial charge on any atom is -0.337 e. The molecule has 0 saturated carbocycles. The van der Waals surface area contributed by atoms with E-state index in [2.05, 4.69) is 9.97 Å². The zero-order chi connectivity index (χ0) is 22.1. The number of carbonyl (C=O) groups is 2. The van der Waals surface area contributed by atoms with Gasteiger partial charge < -0.3 is 4.90 Å². The van der Waals surface area contributed by atoms with Gasteiger partial charge in [0.2, 0.25) is 5.91 Å². The molecule has 2 aliphatic rings. The molecule has 0 radical (unpaired) electrons. The minimum absolute atomic E-state index is 0.0163. The van der Waals surface area contributed by atoms with Gasteiger partial charge in [-0.05, 0) is 25.3 Å². The lowest BCUT2D eigenvalue weighted by Crippen LogP contribution is -2.40. The fourth-order valence-electron chi connectivity index (χ4n) is 4.45. The fraction of sp³-hybridized carbons (Fsp3) is 0.333. The van der Waals surface area contributed by atoms with E-state index in [1.54, 1.807) is 16.0 Å². The minimum atomic E-state index is -0.124. The standard InChI is InChI=1S/C24H24N6O2/c1-16-19-12-21(31)30(14-17-6-3-2-4-7-17)23(19)28-22(27-16)18-8-5-11-29(15-18)24(32)20-13-25-9-10-26-20/h2-4,6-7,9-10,13,18H,5,8,11-12,14-15H2,1H3/t18-/m1/s1. The average Bonchev–Trinajstić information content (AvgIpc) is 3.15. The maximum atomic E-state index is 12.9. The molecule has 32 heavy (non-hydrogen) atoms. The lowest BCUT2D eigenvalue weighted by molar-refractivity contribution is -0.117. The summed E-state index contributed by atoms with van der Waals surface area (Å²) in [6, 6.07) is 9.93. The Morgan fingerprint density at radius 2 is 2.00 bits per heavy atom. The number of likely N-dealkylation sites (tertiary alicyclic amines) is 1. The summed E-state index contributed by atoms with van der Waals surface area (Å²) in [5.74, 6) is 1.34. The third kappa shape index (κ3) is 3.84. The van der Waals surface area contributed by atoms with Crippen LogP contribution in [0.4, 0.5) is 5.82 Å². The van der Waals surface area contributed by atoms with Crippen LogP contribution in [-0.4, -0.2) is 49.7 Å². The molecule has 4 heterocycles. The van der Waals surface area contributed by atoms with Crippen molar-refractivity contribution in [2.24, 2.45) is 0 Å². The molecule has 0 N–H and O–H groups in total. The Bertz CT molecular complexity index is 1150. The summed E-state index contributed by atoms with van der Waals surface area (Å²) >= 11 is 0. The molecular weight excluding hydrogens is 404 g/mol. The van der Waals surface area contributed by atoms with Gasteiger partial charge in [-0.25, -0.2) is 15.0 Å². The van der Waals surface area contributed by atoms with E-state index in [1.807, 2.05) is 37.3 Å². The lowest BCUT2D eigenvalue weighted by Gasteiger charge is -2.32. The second-order valence-electron chi connectivity index (χ2n) is 8.29. The molecule has 0 bridgehead atoms. The molecule has 0 spiro atoms. The van der Waals surface area contributed by atoms with Crippen molar-refractivity contribution in [1.29, 1.82) is 0 Å². The molecule has 162 valence electrons. The van der Waals surface area contributed by atoms with Crippen LogP contribution in [0.1, 0.15) is 51.9 Å². The van der Waals surface area contributed by atoms with Crippen molar-refractivity contribution in [3.63, 3.8) is 0 Å². The van der Waals surface area contributed by atoms with Crippen LogP contribution >= 0.6 is 0 Å². The number of amides is 2. The molecule has 1 fully saturated rings. The number of rotatable bonds is 4. The van der Waals surface area contributed by atoms with Crippen molar-refractivity contribution in [3.05, 3.63) is 77.3 Å². The van der Waals surface area contributed by atoms with Gasteiger partial charge in [-0.15, -0.1) is 0 Å². The second-order valence-corrected chi connectivity index (χ2v) is 8.29. The van der Waals surface area contributed by atoms with Gasteiger partial charge in [0.15, 0.2) is 0 Å². The Hall–Kier alpha value is -3.68. The molecule has 8 heteroatoms.